The molecule has 5 heterocycles. The van der Waals surface area contributed by atoms with Gasteiger partial charge in [0, 0.05) is 44.4 Å². The first-order valence-corrected chi connectivity index (χ1v) is 11.5. The summed E-state index contributed by atoms with van der Waals surface area (Å²) < 4.78 is 53.4. The normalized spacial score (nSPS) is 19.8. The number of aromatic nitrogens is 5. The van der Waals surface area contributed by atoms with Crippen molar-refractivity contribution in [3.63, 3.8) is 0 Å². The molecule has 2 aliphatic heterocycles. The van der Waals surface area contributed by atoms with Crippen LogP contribution in [0.5, 0.6) is 5.88 Å². The lowest BCUT2D eigenvalue weighted by Crippen LogP contribution is -2.39. The number of halogens is 3. The number of hydrogen-bond acceptors (Lipinski definition) is 6. The molecule has 0 spiro atoms. The number of alkyl halides is 3. The van der Waals surface area contributed by atoms with E-state index in [2.05, 4.69) is 24.5 Å². The Morgan fingerprint density at radius 1 is 1.12 bits per heavy atom. The topological polar surface area (TPSA) is 70.2 Å². The number of rotatable bonds is 8. The Balaban J connectivity index is 1.11. The van der Waals surface area contributed by atoms with Crippen molar-refractivity contribution in [2.24, 2.45) is 0 Å². The molecular weight excluding hydrogens is 449 g/mol. The van der Waals surface area contributed by atoms with Gasteiger partial charge < -0.3 is 14.0 Å². The van der Waals surface area contributed by atoms with Crippen molar-refractivity contribution in [2.45, 2.75) is 57.3 Å². The van der Waals surface area contributed by atoms with E-state index >= 15 is 0 Å². The van der Waals surface area contributed by atoms with Gasteiger partial charge in [-0.3, -0.25) is 9.58 Å². The van der Waals surface area contributed by atoms with Crippen LogP contribution in [0.25, 0.3) is 0 Å². The first-order chi connectivity index (χ1) is 16.4. The largest absolute Gasteiger partial charge is 0.474 e. The summed E-state index contributed by atoms with van der Waals surface area (Å²) in [6.45, 7) is 4.43. The van der Waals surface area contributed by atoms with E-state index in [0.29, 0.717) is 17.7 Å². The highest BCUT2D eigenvalue weighted by atomic mass is 19.4. The van der Waals surface area contributed by atoms with Crippen molar-refractivity contribution in [1.29, 1.82) is 0 Å². The molecule has 0 amide bonds. The lowest BCUT2D eigenvalue weighted by molar-refractivity contribution is -0.137. The average molecular weight is 477 g/mol. The van der Waals surface area contributed by atoms with Crippen LogP contribution < -0.4 is 4.74 Å². The van der Waals surface area contributed by atoms with Gasteiger partial charge in [-0.05, 0) is 25.3 Å². The summed E-state index contributed by atoms with van der Waals surface area (Å²) in [5.74, 6) is 1.53. The maximum absolute atomic E-state index is 12.8. The van der Waals surface area contributed by atoms with Gasteiger partial charge in [-0.1, -0.05) is 6.07 Å². The van der Waals surface area contributed by atoms with Crippen molar-refractivity contribution in [1.82, 2.24) is 29.2 Å². The highest BCUT2D eigenvalue weighted by Crippen LogP contribution is 2.28. The number of nitrogens with zero attached hydrogens (tertiary/aromatic N) is 6. The molecule has 0 aliphatic carbocycles. The third-order valence-electron chi connectivity index (χ3n) is 6.25. The molecule has 3 aromatic heterocycles. The van der Waals surface area contributed by atoms with Crippen LogP contribution in [0.1, 0.15) is 36.3 Å². The minimum atomic E-state index is -4.41. The SMILES string of the molecule is FC(F)(F)c1cnn(Cc2cccc(OC3CCN(Cc4nccn4C[C@@H]4CCO4)CC3)n2)c1. The van der Waals surface area contributed by atoms with E-state index in [1.807, 2.05) is 12.4 Å². The second-order valence-corrected chi connectivity index (χ2v) is 8.76. The molecule has 11 heteroatoms. The summed E-state index contributed by atoms with van der Waals surface area (Å²) in [5.41, 5.74) is -0.181. The Labute approximate surface area is 195 Å². The van der Waals surface area contributed by atoms with Gasteiger partial charge in [0.1, 0.15) is 11.9 Å². The van der Waals surface area contributed by atoms with Crippen molar-refractivity contribution in [2.75, 3.05) is 19.7 Å². The zero-order valence-electron chi connectivity index (χ0n) is 18.7. The lowest BCUT2D eigenvalue weighted by Gasteiger charge is -2.32. The second-order valence-electron chi connectivity index (χ2n) is 8.76. The van der Waals surface area contributed by atoms with Gasteiger partial charge in [-0.15, -0.1) is 0 Å². The Hall–Kier alpha value is -2.92. The van der Waals surface area contributed by atoms with Crippen molar-refractivity contribution in [3.8, 4) is 5.88 Å². The third kappa shape index (κ3) is 5.58. The fraction of sp³-hybridized carbons (Fsp3) is 0.522. The summed E-state index contributed by atoms with van der Waals surface area (Å²) in [4.78, 5) is 11.4. The summed E-state index contributed by atoms with van der Waals surface area (Å²) >= 11 is 0. The van der Waals surface area contributed by atoms with E-state index in [9.17, 15) is 13.2 Å². The van der Waals surface area contributed by atoms with E-state index in [1.165, 1.54) is 4.68 Å². The number of hydrogen-bond donors (Lipinski definition) is 0. The number of piperidine rings is 1. The van der Waals surface area contributed by atoms with Crippen molar-refractivity contribution < 1.29 is 22.6 Å². The highest BCUT2D eigenvalue weighted by molar-refractivity contribution is 5.17. The molecule has 8 nitrogen and oxygen atoms in total. The Kier molecular flexibility index (Phi) is 6.55. The smallest absolute Gasteiger partial charge is 0.419 e. The number of pyridine rings is 1. The summed E-state index contributed by atoms with van der Waals surface area (Å²) in [6.07, 6.45) is 4.44. The third-order valence-corrected chi connectivity index (χ3v) is 6.25. The molecule has 5 rings (SSSR count). The van der Waals surface area contributed by atoms with E-state index in [4.69, 9.17) is 9.47 Å². The summed E-state index contributed by atoms with van der Waals surface area (Å²) in [5, 5.41) is 3.79. The maximum atomic E-state index is 12.8. The van der Waals surface area contributed by atoms with Crippen LogP contribution >= 0.6 is 0 Å². The van der Waals surface area contributed by atoms with Gasteiger partial charge in [0.05, 0.1) is 43.2 Å². The molecule has 2 aliphatic rings. The number of ether oxygens (including phenoxy) is 2. The first-order valence-electron chi connectivity index (χ1n) is 11.5. The molecule has 34 heavy (non-hydrogen) atoms. The van der Waals surface area contributed by atoms with Crippen LogP contribution in [-0.4, -0.2) is 61.1 Å². The summed E-state index contributed by atoms with van der Waals surface area (Å²) in [6, 6.07) is 5.33. The quantitative estimate of drug-likeness (QED) is 0.497. The molecule has 182 valence electrons. The molecular formula is C23H27F3N6O2. The van der Waals surface area contributed by atoms with Gasteiger partial charge >= 0.3 is 6.18 Å². The molecule has 2 fully saturated rings. The van der Waals surface area contributed by atoms with Crippen LogP contribution in [0.4, 0.5) is 13.2 Å². The van der Waals surface area contributed by atoms with Gasteiger partial charge in [0.2, 0.25) is 5.88 Å². The minimum absolute atomic E-state index is 0.0451. The zero-order chi connectivity index (χ0) is 23.5. The Morgan fingerprint density at radius 2 is 1.94 bits per heavy atom. The van der Waals surface area contributed by atoms with Crippen molar-refractivity contribution in [3.05, 3.63) is 60.1 Å². The molecule has 0 N–H and O–H groups in total. The number of imidazole rings is 1. The Morgan fingerprint density at radius 3 is 2.65 bits per heavy atom. The van der Waals surface area contributed by atoms with Crippen LogP contribution in [0, 0.1) is 0 Å². The van der Waals surface area contributed by atoms with Crippen molar-refractivity contribution >= 4 is 0 Å². The molecule has 0 radical (unpaired) electrons. The molecule has 0 saturated carbocycles. The fourth-order valence-electron chi connectivity index (χ4n) is 4.24. The molecule has 0 aromatic carbocycles. The lowest BCUT2D eigenvalue weighted by atomic mass is 10.1. The first kappa shape index (κ1) is 22.9. The maximum Gasteiger partial charge on any atom is 0.419 e. The Bertz CT molecular complexity index is 1090. The van der Waals surface area contributed by atoms with Gasteiger partial charge in [-0.25, -0.2) is 9.97 Å². The predicted molar refractivity (Wildman–Crippen MR) is 116 cm³/mol. The zero-order valence-corrected chi connectivity index (χ0v) is 18.7. The molecule has 2 saturated heterocycles. The monoisotopic (exact) mass is 476 g/mol. The molecule has 1 atom stereocenters. The molecule has 3 aromatic rings. The second kappa shape index (κ2) is 9.75. The van der Waals surface area contributed by atoms with Crippen LogP contribution in [-0.2, 0) is 30.5 Å². The molecule has 0 unspecified atom stereocenters. The van der Waals surface area contributed by atoms with Gasteiger partial charge in [0.15, 0.2) is 0 Å². The predicted octanol–water partition coefficient (Wildman–Crippen LogP) is 3.37. The fourth-order valence-corrected chi connectivity index (χ4v) is 4.24. The van der Waals surface area contributed by atoms with E-state index in [0.717, 1.165) is 70.3 Å². The van der Waals surface area contributed by atoms with Crippen LogP contribution in [0.2, 0.25) is 0 Å². The average Bonchev–Trinajstić information content (AvgIpc) is 3.42. The standard InChI is InChI=1S/C23H27F3N6O2/c24-23(25,26)17-12-28-32(13-17)14-18-2-1-3-22(29-18)34-19-4-8-30(9-5-19)16-21-27-7-10-31(21)15-20-6-11-33-20/h1-3,7,10,12-13,19-20H,4-6,8-9,11,14-16H2/t20-/m0/s1. The molecule has 0 bridgehead atoms. The minimum Gasteiger partial charge on any atom is -0.474 e. The van der Waals surface area contributed by atoms with E-state index < -0.39 is 11.7 Å². The highest BCUT2D eigenvalue weighted by Gasteiger charge is 2.32. The van der Waals surface area contributed by atoms with E-state index in [1.54, 1.807) is 18.2 Å². The van der Waals surface area contributed by atoms with Crippen LogP contribution in [0.15, 0.2) is 43.0 Å². The number of likely N-dealkylation sites (tertiary alicyclic amines) is 1. The van der Waals surface area contributed by atoms with Gasteiger partial charge in [0.25, 0.3) is 0 Å². The summed E-state index contributed by atoms with van der Waals surface area (Å²) in [7, 11) is 0. The van der Waals surface area contributed by atoms with Gasteiger partial charge in [-0.2, -0.15) is 18.3 Å². The van der Waals surface area contributed by atoms with E-state index in [-0.39, 0.29) is 12.6 Å². The van der Waals surface area contributed by atoms with Crippen LogP contribution in [0.3, 0.4) is 0 Å².